The summed E-state index contributed by atoms with van der Waals surface area (Å²) >= 11 is 0. The molecule has 0 aliphatic carbocycles. The van der Waals surface area contributed by atoms with Crippen molar-refractivity contribution in [3.8, 4) is 11.4 Å². The van der Waals surface area contributed by atoms with Gasteiger partial charge in [-0.15, -0.1) is 0 Å². The second-order valence-corrected chi connectivity index (χ2v) is 20.9. The summed E-state index contributed by atoms with van der Waals surface area (Å²) in [5.74, 6) is 0. The predicted octanol–water partition coefficient (Wildman–Crippen LogP) is 20.9. The van der Waals surface area contributed by atoms with Crippen molar-refractivity contribution in [3.63, 3.8) is 0 Å². The average molecular weight is 1020 g/mol. The van der Waals surface area contributed by atoms with Crippen LogP contribution in [0.3, 0.4) is 0 Å². The van der Waals surface area contributed by atoms with Gasteiger partial charge in [-0.1, -0.05) is 121 Å². The fraction of sp³-hybridized carbons (Fsp3) is 0. The normalized spacial score (nSPS) is 12.0. The quantitative estimate of drug-likeness (QED) is 0.152. The van der Waals surface area contributed by atoms with Crippen molar-refractivity contribution in [1.82, 2.24) is 9.13 Å². The van der Waals surface area contributed by atoms with Gasteiger partial charge in [0.15, 0.2) is 0 Å². The molecule has 0 fully saturated rings. The zero-order valence-corrected chi connectivity index (χ0v) is 43.2. The number of anilines is 6. The third-order valence-electron chi connectivity index (χ3n) is 16.3. The highest BCUT2D eigenvalue weighted by Crippen LogP contribution is 2.45. The highest BCUT2D eigenvalue weighted by Gasteiger charge is 2.22. The summed E-state index contributed by atoms with van der Waals surface area (Å²) in [6.45, 7) is 0. The molecule has 0 amide bonds. The van der Waals surface area contributed by atoms with E-state index in [-0.39, 0.29) is 0 Å². The van der Waals surface area contributed by atoms with Crippen LogP contribution in [0.1, 0.15) is 0 Å². The molecule has 0 spiro atoms. The van der Waals surface area contributed by atoms with Crippen LogP contribution in [0.5, 0.6) is 0 Å². The Bertz CT molecular complexity index is 4970. The molecule has 4 aromatic heterocycles. The van der Waals surface area contributed by atoms with Crippen LogP contribution in [-0.4, -0.2) is 9.13 Å². The van der Waals surface area contributed by atoms with Crippen molar-refractivity contribution in [2.45, 2.75) is 0 Å². The van der Waals surface area contributed by atoms with E-state index in [4.69, 9.17) is 8.83 Å². The molecule has 374 valence electrons. The number of fused-ring (bicyclic) bond motifs is 14. The Morgan fingerprint density at radius 1 is 0.212 bits per heavy atom. The lowest BCUT2D eigenvalue weighted by Gasteiger charge is -2.26. The van der Waals surface area contributed by atoms with Gasteiger partial charge in [-0.05, 0) is 179 Å². The van der Waals surface area contributed by atoms with Crippen molar-refractivity contribution < 1.29 is 8.83 Å². The second-order valence-electron chi connectivity index (χ2n) is 20.9. The predicted molar refractivity (Wildman–Crippen MR) is 334 cm³/mol. The average Bonchev–Trinajstić information content (AvgIpc) is 4.46. The smallest absolute Gasteiger partial charge is 0.136 e. The zero-order valence-electron chi connectivity index (χ0n) is 43.2. The van der Waals surface area contributed by atoms with Crippen molar-refractivity contribution in [3.05, 3.63) is 279 Å². The lowest BCUT2D eigenvalue weighted by atomic mass is 10.0. The fourth-order valence-corrected chi connectivity index (χ4v) is 12.7. The SMILES string of the molecule is c1ccc(N(c2ccc3cc4c(cc3c2)oc2cc3c(cc24)oc2cc4cc(N(c5ccccc5)c5ccc6c(c5)c5ccccc5n6-c5ccccc5)ccc4cc23)c2ccc3c(c2)c2ccccc2n3-c2ccccc2)cc1. The van der Waals surface area contributed by atoms with Gasteiger partial charge in [0.05, 0.1) is 22.1 Å². The van der Waals surface area contributed by atoms with Crippen LogP contribution in [0, 0.1) is 0 Å². The Hall–Kier alpha value is -10.8. The van der Waals surface area contributed by atoms with Crippen LogP contribution in [0.25, 0.3) is 120 Å². The Morgan fingerprint density at radius 3 is 0.988 bits per heavy atom. The van der Waals surface area contributed by atoms with E-state index in [1.165, 1.54) is 43.6 Å². The van der Waals surface area contributed by atoms with Gasteiger partial charge in [0.1, 0.15) is 22.3 Å². The van der Waals surface area contributed by atoms with Gasteiger partial charge < -0.3 is 27.8 Å². The van der Waals surface area contributed by atoms with Gasteiger partial charge in [0.25, 0.3) is 0 Å². The Labute approximate surface area is 459 Å². The molecular weight excluding hydrogens is 977 g/mol. The first kappa shape index (κ1) is 44.3. The van der Waals surface area contributed by atoms with Gasteiger partial charge >= 0.3 is 0 Å². The summed E-state index contributed by atoms with van der Waals surface area (Å²) in [4.78, 5) is 4.71. The van der Waals surface area contributed by atoms with Crippen molar-refractivity contribution in [1.29, 1.82) is 0 Å². The minimum absolute atomic E-state index is 0.831. The first-order chi connectivity index (χ1) is 39.6. The summed E-state index contributed by atoms with van der Waals surface area (Å²) < 4.78 is 18.3. The van der Waals surface area contributed by atoms with Crippen LogP contribution >= 0.6 is 0 Å². The molecule has 17 rings (SSSR count). The minimum atomic E-state index is 0.831. The van der Waals surface area contributed by atoms with E-state index in [1.807, 2.05) is 0 Å². The van der Waals surface area contributed by atoms with Crippen LogP contribution in [0.4, 0.5) is 34.1 Å². The topological polar surface area (TPSA) is 42.6 Å². The van der Waals surface area contributed by atoms with Gasteiger partial charge in [-0.25, -0.2) is 0 Å². The van der Waals surface area contributed by atoms with Gasteiger partial charge in [-0.2, -0.15) is 0 Å². The number of furan rings is 2. The molecule has 0 saturated heterocycles. The number of benzene rings is 13. The molecule has 6 nitrogen and oxygen atoms in total. The van der Waals surface area contributed by atoms with E-state index in [9.17, 15) is 0 Å². The minimum Gasteiger partial charge on any atom is -0.456 e. The highest BCUT2D eigenvalue weighted by molar-refractivity contribution is 6.19. The molecule has 0 N–H and O–H groups in total. The fourth-order valence-electron chi connectivity index (χ4n) is 12.7. The van der Waals surface area contributed by atoms with Gasteiger partial charge in [0, 0.05) is 88.6 Å². The maximum atomic E-state index is 6.81. The maximum absolute atomic E-state index is 6.81. The molecule has 0 unspecified atom stereocenters. The number of hydrogen-bond acceptors (Lipinski definition) is 4. The van der Waals surface area contributed by atoms with E-state index < -0.39 is 0 Å². The number of hydrogen-bond donors (Lipinski definition) is 0. The lowest BCUT2D eigenvalue weighted by molar-refractivity contribution is 0.664. The monoisotopic (exact) mass is 1020 g/mol. The molecule has 0 aliphatic rings. The molecule has 4 heterocycles. The third-order valence-corrected chi connectivity index (χ3v) is 16.3. The van der Waals surface area contributed by atoms with E-state index in [2.05, 4.69) is 298 Å². The molecule has 0 atom stereocenters. The highest BCUT2D eigenvalue weighted by atomic mass is 16.3. The summed E-state index contributed by atoms with van der Waals surface area (Å²) in [6, 6.07) is 100. The summed E-state index contributed by atoms with van der Waals surface area (Å²) in [5.41, 5.74) is 16.8. The second kappa shape index (κ2) is 17.3. The summed E-state index contributed by atoms with van der Waals surface area (Å²) in [7, 11) is 0. The van der Waals surface area contributed by atoms with E-state index in [1.54, 1.807) is 0 Å². The summed E-state index contributed by atoms with van der Waals surface area (Å²) in [6.07, 6.45) is 0. The number of rotatable bonds is 8. The molecule has 0 bridgehead atoms. The number of para-hydroxylation sites is 6. The standard InChI is InChI=1S/C74H46N4O2/c1-5-17-51(18-6-1)75(57-33-35-69-61(43-57)59-25-13-15-27-67(59)77(69)53-21-9-3-10-22-53)55-31-29-47-39-63-65-45-74-66(46-73(65)79-71(63)41-49(47)37-55)64-40-48-30-32-56(38-50(48)42-72(64)80-74)76(52-19-7-2-8-20-52)58-34-36-70-62(44-58)60-26-14-16-28-68(60)78(70)54-23-11-4-12-24-54/h1-46H. The molecule has 17 aromatic rings. The third kappa shape index (κ3) is 6.85. The molecule has 13 aromatic carbocycles. The van der Waals surface area contributed by atoms with Crippen LogP contribution in [0.2, 0.25) is 0 Å². The lowest BCUT2D eigenvalue weighted by Crippen LogP contribution is -2.09. The molecule has 0 saturated carbocycles. The zero-order chi connectivity index (χ0) is 52.4. The van der Waals surface area contributed by atoms with E-state index >= 15 is 0 Å². The van der Waals surface area contributed by atoms with E-state index in [0.717, 1.165) is 111 Å². The van der Waals surface area contributed by atoms with Crippen molar-refractivity contribution in [2.24, 2.45) is 0 Å². The van der Waals surface area contributed by atoms with Crippen LogP contribution in [-0.2, 0) is 0 Å². The number of nitrogens with zero attached hydrogens (tertiary/aromatic N) is 4. The molecule has 80 heavy (non-hydrogen) atoms. The van der Waals surface area contributed by atoms with Crippen molar-refractivity contribution >= 4 is 143 Å². The molecular formula is C74H46N4O2. The number of aromatic nitrogens is 2. The molecule has 0 aliphatic heterocycles. The first-order valence-electron chi connectivity index (χ1n) is 27.2. The summed E-state index contributed by atoms with van der Waals surface area (Å²) in [5, 5.41) is 13.5. The van der Waals surface area contributed by atoms with Gasteiger partial charge in [-0.3, -0.25) is 0 Å². The Morgan fingerprint density at radius 2 is 0.550 bits per heavy atom. The first-order valence-corrected chi connectivity index (χ1v) is 27.2. The maximum Gasteiger partial charge on any atom is 0.136 e. The molecule has 6 heteroatoms. The van der Waals surface area contributed by atoms with E-state index in [0.29, 0.717) is 0 Å². The Kier molecular flexibility index (Phi) is 9.61. The molecule has 0 radical (unpaired) electrons. The Balaban J connectivity index is 0.746. The van der Waals surface area contributed by atoms with Crippen LogP contribution < -0.4 is 9.80 Å². The van der Waals surface area contributed by atoms with Crippen LogP contribution in [0.15, 0.2) is 288 Å². The van der Waals surface area contributed by atoms with Crippen molar-refractivity contribution in [2.75, 3.05) is 9.80 Å². The van der Waals surface area contributed by atoms with Gasteiger partial charge in [0.2, 0.25) is 0 Å². The largest absolute Gasteiger partial charge is 0.456 e.